The van der Waals surface area contributed by atoms with Crippen LogP contribution in [0.4, 0.5) is 0 Å². The second-order valence-corrected chi connectivity index (χ2v) is 19.6. The number of hydrogen-bond donors (Lipinski definition) is 10. The SMILES string of the molecule is CSCC[C@H](NC(=O)[C@H](CC(C)C)NC(=O)[C@@H](NC(=O)CNC(=O)[C@H](CC(C)C)NC(=O)[C@H](CC(C)C)NC(=O)[C@@H](NC(=O)[C@@H](N)CCSC)C(C)C)C(C)C)C(=O)NCC(=O)O. The smallest absolute Gasteiger partial charge is 0.322 e. The van der Waals surface area contributed by atoms with Crippen molar-refractivity contribution in [2.24, 2.45) is 35.3 Å². The Morgan fingerprint density at radius 3 is 1.24 bits per heavy atom. The van der Waals surface area contributed by atoms with Gasteiger partial charge in [0, 0.05) is 0 Å². The van der Waals surface area contributed by atoms with Gasteiger partial charge in [0.05, 0.1) is 12.6 Å². The Morgan fingerprint density at radius 1 is 0.460 bits per heavy atom. The van der Waals surface area contributed by atoms with Crippen molar-refractivity contribution >= 4 is 76.8 Å². The van der Waals surface area contributed by atoms with Crippen LogP contribution in [0.5, 0.6) is 0 Å². The minimum Gasteiger partial charge on any atom is -0.480 e. The molecule has 11 N–H and O–H groups in total. The average Bonchev–Trinajstić information content (AvgIpc) is 3.18. The fraction of sp³-hybridized carbons (Fsp3) is 0.786. The van der Waals surface area contributed by atoms with Crippen LogP contribution in [0.25, 0.3) is 0 Å². The molecule has 8 amide bonds. The zero-order valence-electron chi connectivity index (χ0n) is 39.3. The summed E-state index contributed by atoms with van der Waals surface area (Å²) in [4.78, 5) is 118. The van der Waals surface area contributed by atoms with Crippen molar-refractivity contribution in [3.63, 3.8) is 0 Å². The molecule has 0 aliphatic carbocycles. The van der Waals surface area contributed by atoms with Crippen LogP contribution < -0.4 is 48.3 Å². The van der Waals surface area contributed by atoms with E-state index in [-0.39, 0.29) is 49.4 Å². The second-order valence-electron chi connectivity index (χ2n) is 17.7. The van der Waals surface area contributed by atoms with E-state index in [4.69, 9.17) is 10.8 Å². The van der Waals surface area contributed by atoms with Gasteiger partial charge in [-0.15, -0.1) is 0 Å². The lowest BCUT2D eigenvalue weighted by molar-refractivity contribution is -0.138. The Balaban J connectivity index is 5.97. The largest absolute Gasteiger partial charge is 0.480 e. The lowest BCUT2D eigenvalue weighted by Crippen LogP contribution is -2.60. The highest BCUT2D eigenvalue weighted by Crippen LogP contribution is 2.13. The van der Waals surface area contributed by atoms with Gasteiger partial charge in [0.1, 0.15) is 42.8 Å². The summed E-state index contributed by atoms with van der Waals surface area (Å²) in [5.41, 5.74) is 6.03. The molecule has 0 aromatic rings. The molecule has 0 unspecified atom stereocenters. The van der Waals surface area contributed by atoms with E-state index < -0.39 is 115 Å². The van der Waals surface area contributed by atoms with Crippen molar-refractivity contribution in [2.45, 2.75) is 144 Å². The van der Waals surface area contributed by atoms with Crippen LogP contribution in [0.3, 0.4) is 0 Å². The molecule has 362 valence electrons. The first-order chi connectivity index (χ1) is 29.3. The van der Waals surface area contributed by atoms with Crippen molar-refractivity contribution in [3.05, 3.63) is 0 Å². The summed E-state index contributed by atoms with van der Waals surface area (Å²) < 4.78 is 0. The van der Waals surface area contributed by atoms with E-state index in [2.05, 4.69) is 42.5 Å². The number of nitrogens with two attached hydrogens (primary N) is 1. The number of rotatable bonds is 31. The lowest BCUT2D eigenvalue weighted by atomic mass is 9.98. The molecular formula is C42H77N9O10S2. The van der Waals surface area contributed by atoms with Gasteiger partial charge in [0.15, 0.2) is 0 Å². The van der Waals surface area contributed by atoms with Gasteiger partial charge in [-0.05, 0) is 85.7 Å². The first-order valence-electron chi connectivity index (χ1n) is 21.7. The van der Waals surface area contributed by atoms with Crippen molar-refractivity contribution in [2.75, 3.05) is 37.1 Å². The number of amides is 8. The Hall–Kier alpha value is -4.11. The quantitative estimate of drug-likeness (QED) is 0.0454. The normalized spacial score (nSPS) is 14.8. The average molecular weight is 932 g/mol. The Bertz CT molecular complexity index is 1520. The Kier molecular flexibility index (Phi) is 28.9. The number of carbonyl (C=O) groups is 9. The van der Waals surface area contributed by atoms with E-state index >= 15 is 0 Å². The molecule has 0 aliphatic rings. The first-order valence-corrected chi connectivity index (χ1v) is 24.4. The van der Waals surface area contributed by atoms with Crippen LogP contribution in [0, 0.1) is 29.6 Å². The van der Waals surface area contributed by atoms with Crippen LogP contribution in [-0.4, -0.2) is 138 Å². The molecule has 0 saturated carbocycles. The number of nitrogens with one attached hydrogen (secondary N) is 8. The van der Waals surface area contributed by atoms with Crippen molar-refractivity contribution < 1.29 is 48.3 Å². The highest BCUT2D eigenvalue weighted by atomic mass is 32.2. The van der Waals surface area contributed by atoms with Crippen LogP contribution in [0.2, 0.25) is 0 Å². The molecule has 0 bridgehead atoms. The summed E-state index contributed by atoms with van der Waals surface area (Å²) in [6.07, 6.45) is 4.95. The van der Waals surface area contributed by atoms with E-state index in [1.54, 1.807) is 39.5 Å². The second kappa shape index (κ2) is 30.9. The molecule has 0 aromatic carbocycles. The van der Waals surface area contributed by atoms with Gasteiger partial charge in [-0.3, -0.25) is 43.2 Å². The molecule has 0 fully saturated rings. The van der Waals surface area contributed by atoms with Crippen molar-refractivity contribution in [3.8, 4) is 0 Å². The fourth-order valence-corrected chi connectivity index (χ4v) is 7.15. The van der Waals surface area contributed by atoms with Crippen LogP contribution in [-0.2, 0) is 43.2 Å². The summed E-state index contributed by atoms with van der Waals surface area (Å²) in [5, 5.41) is 30.0. The van der Waals surface area contributed by atoms with E-state index in [0.717, 1.165) is 0 Å². The number of carboxylic acid groups (broad SMARTS) is 1. The third kappa shape index (κ3) is 24.5. The zero-order chi connectivity index (χ0) is 48.6. The number of carboxylic acids is 1. The molecule has 0 rings (SSSR count). The predicted octanol–water partition coefficient (Wildman–Crippen LogP) is 0.496. The summed E-state index contributed by atoms with van der Waals surface area (Å²) in [5.74, 6) is -6.17. The molecule has 0 heterocycles. The van der Waals surface area contributed by atoms with Crippen molar-refractivity contribution in [1.29, 1.82) is 0 Å². The first kappa shape index (κ1) is 58.9. The predicted molar refractivity (Wildman–Crippen MR) is 247 cm³/mol. The molecule has 0 radical (unpaired) electrons. The van der Waals surface area contributed by atoms with E-state index in [1.165, 1.54) is 11.8 Å². The summed E-state index contributed by atoms with van der Waals surface area (Å²) in [6, 6.07) is -7.24. The maximum absolute atomic E-state index is 13.8. The minimum absolute atomic E-state index is 0.0471. The standard InChI is InChI=1S/C42H77N9O10S2/c1-22(2)17-29(47-40(59)31(19-24(5)6)49-42(61)35(26(9)10)51-36(55)27(43)13-15-62-11)38(57)44-20-32(52)50-34(25(7)8)41(60)48-30(18-23(3)4)39(58)46-28(14-16-63-12)37(56)45-21-33(53)54/h22-31,34-35H,13-21,43H2,1-12H3,(H,44,57)(H,45,56)(H,46,58)(H,47,59)(H,48,60)(H,49,61)(H,50,52)(H,51,55)(H,53,54)/t27-,28-,29-,30-,31-,34-,35-/m0/s1. The monoisotopic (exact) mass is 932 g/mol. The van der Waals surface area contributed by atoms with Gasteiger partial charge in [-0.25, -0.2) is 0 Å². The number of thioether (sulfide) groups is 2. The maximum Gasteiger partial charge on any atom is 0.322 e. The number of aliphatic carboxylic acids is 1. The summed E-state index contributed by atoms with van der Waals surface area (Å²) in [7, 11) is 0. The van der Waals surface area contributed by atoms with Crippen LogP contribution in [0.1, 0.15) is 101 Å². The Morgan fingerprint density at radius 2 is 0.825 bits per heavy atom. The third-order valence-corrected chi connectivity index (χ3v) is 10.9. The van der Waals surface area contributed by atoms with Crippen LogP contribution in [0.15, 0.2) is 0 Å². The minimum atomic E-state index is -1.25. The van der Waals surface area contributed by atoms with Gasteiger partial charge in [0.2, 0.25) is 47.3 Å². The van der Waals surface area contributed by atoms with E-state index in [9.17, 15) is 43.2 Å². The molecule has 0 saturated heterocycles. The number of hydrogen-bond acceptors (Lipinski definition) is 12. The fourth-order valence-electron chi connectivity index (χ4n) is 6.19. The molecule has 0 spiro atoms. The molecular weight excluding hydrogens is 855 g/mol. The molecule has 0 aliphatic heterocycles. The molecule has 63 heavy (non-hydrogen) atoms. The maximum atomic E-state index is 13.8. The third-order valence-electron chi connectivity index (χ3n) is 9.58. The summed E-state index contributed by atoms with van der Waals surface area (Å²) in [6.45, 7) is 16.8. The highest BCUT2D eigenvalue weighted by Gasteiger charge is 2.34. The molecule has 7 atom stereocenters. The van der Waals surface area contributed by atoms with Gasteiger partial charge >= 0.3 is 5.97 Å². The lowest BCUT2D eigenvalue weighted by Gasteiger charge is -2.28. The number of carbonyl (C=O) groups excluding carboxylic acids is 8. The Labute approximate surface area is 382 Å². The summed E-state index contributed by atoms with van der Waals surface area (Å²) >= 11 is 2.98. The molecule has 0 aromatic heterocycles. The highest BCUT2D eigenvalue weighted by molar-refractivity contribution is 7.98. The topological polar surface area (TPSA) is 296 Å². The van der Waals surface area contributed by atoms with Crippen molar-refractivity contribution in [1.82, 2.24) is 42.5 Å². The van der Waals surface area contributed by atoms with E-state index in [0.29, 0.717) is 17.9 Å². The van der Waals surface area contributed by atoms with Gasteiger partial charge in [-0.2, -0.15) is 23.5 Å². The van der Waals surface area contributed by atoms with E-state index in [1.807, 2.05) is 54.1 Å². The van der Waals surface area contributed by atoms with Gasteiger partial charge in [-0.1, -0.05) is 69.2 Å². The molecule has 21 heteroatoms. The zero-order valence-corrected chi connectivity index (χ0v) is 40.9. The van der Waals surface area contributed by atoms with Crippen LogP contribution >= 0.6 is 23.5 Å². The van der Waals surface area contributed by atoms with Gasteiger partial charge < -0.3 is 53.4 Å². The molecule has 19 nitrogen and oxygen atoms in total. The van der Waals surface area contributed by atoms with Gasteiger partial charge in [0.25, 0.3) is 0 Å².